The van der Waals surface area contributed by atoms with Gasteiger partial charge in [0.05, 0.1) is 5.41 Å². The largest absolute Gasteiger partial charge is 0.482 e. The Morgan fingerprint density at radius 1 is 1.18 bits per heavy atom. The van der Waals surface area contributed by atoms with Gasteiger partial charge in [-0.3, -0.25) is 4.79 Å². The normalized spacial score (nSPS) is 31.1. The third-order valence-corrected chi connectivity index (χ3v) is 9.26. The standard InChI is InChI=1S/C29H33NO4/c1-4-28(5-2,19-9-7-6-8-10-19)27(32)33-23-14-11-18-17-21-20-12-13-22(31)26-29(20,15-16-30(21)3)24(18)25(23)34-26/h6-14,20-22,26,31H,4-5,15-17H2,1-3H3/t20-,21+,22-,26-,29-/m0/s1. The van der Waals surface area contributed by atoms with Gasteiger partial charge in [0.2, 0.25) is 0 Å². The van der Waals surface area contributed by atoms with Crippen LogP contribution in [0.15, 0.2) is 54.6 Å². The third-order valence-electron chi connectivity index (χ3n) is 9.26. The van der Waals surface area contributed by atoms with Crippen molar-refractivity contribution >= 4 is 5.97 Å². The molecule has 34 heavy (non-hydrogen) atoms. The Morgan fingerprint density at radius 3 is 2.68 bits per heavy atom. The maximum absolute atomic E-state index is 13.7. The van der Waals surface area contributed by atoms with Gasteiger partial charge in [0, 0.05) is 22.9 Å². The summed E-state index contributed by atoms with van der Waals surface area (Å²) in [4.78, 5) is 16.2. The van der Waals surface area contributed by atoms with Crippen LogP contribution in [0.2, 0.25) is 0 Å². The van der Waals surface area contributed by atoms with Crippen LogP contribution in [0.4, 0.5) is 0 Å². The third kappa shape index (κ3) is 2.71. The molecule has 2 bridgehead atoms. The van der Waals surface area contributed by atoms with E-state index in [0.29, 0.717) is 30.4 Å². The van der Waals surface area contributed by atoms with Crippen LogP contribution in [0.1, 0.15) is 49.8 Å². The van der Waals surface area contributed by atoms with E-state index in [4.69, 9.17) is 9.47 Å². The van der Waals surface area contributed by atoms with Gasteiger partial charge < -0.3 is 19.5 Å². The minimum atomic E-state index is -0.713. The SMILES string of the molecule is CCC(CC)(C(=O)Oc1ccc2c3c1O[C@H]1[C@@H](O)C=C[C@H]4[C@@H](C2)N(C)CC[C@@]341)c1ccccc1. The summed E-state index contributed by atoms with van der Waals surface area (Å²) in [5.74, 6) is 1.19. The van der Waals surface area contributed by atoms with E-state index in [1.54, 1.807) is 0 Å². The van der Waals surface area contributed by atoms with Crippen molar-refractivity contribution in [3.8, 4) is 11.5 Å². The number of aliphatic hydroxyl groups excluding tert-OH is 1. The fraction of sp³-hybridized carbons (Fsp3) is 0.483. The first-order chi connectivity index (χ1) is 16.5. The molecule has 0 aromatic heterocycles. The Labute approximate surface area is 201 Å². The molecule has 5 nitrogen and oxygen atoms in total. The number of benzene rings is 2. The molecule has 0 unspecified atom stereocenters. The van der Waals surface area contributed by atoms with Crippen molar-refractivity contribution < 1.29 is 19.4 Å². The summed E-state index contributed by atoms with van der Waals surface area (Å²) in [6, 6.07) is 14.3. The summed E-state index contributed by atoms with van der Waals surface area (Å²) in [6.45, 7) is 5.05. The Morgan fingerprint density at radius 2 is 1.94 bits per heavy atom. The highest BCUT2D eigenvalue weighted by atomic mass is 16.6. The number of hydrogen-bond donors (Lipinski definition) is 1. The molecule has 2 heterocycles. The van der Waals surface area contributed by atoms with E-state index in [9.17, 15) is 9.90 Å². The summed E-state index contributed by atoms with van der Waals surface area (Å²) >= 11 is 0. The number of rotatable bonds is 5. The first-order valence-corrected chi connectivity index (χ1v) is 12.6. The van der Waals surface area contributed by atoms with Crippen molar-refractivity contribution in [3.05, 3.63) is 71.3 Å². The monoisotopic (exact) mass is 459 g/mol. The Hall–Kier alpha value is -2.63. The zero-order valence-electron chi connectivity index (χ0n) is 20.2. The first-order valence-electron chi connectivity index (χ1n) is 12.6. The summed E-state index contributed by atoms with van der Waals surface area (Å²) in [6.07, 6.45) is 6.26. The van der Waals surface area contributed by atoms with E-state index < -0.39 is 11.5 Å². The van der Waals surface area contributed by atoms with E-state index in [1.807, 2.05) is 56.3 Å². The molecule has 2 aliphatic heterocycles. The maximum atomic E-state index is 13.7. The fourth-order valence-electron chi connectivity index (χ4n) is 7.33. The summed E-state index contributed by atoms with van der Waals surface area (Å²) in [7, 11) is 2.20. The molecular formula is C29H33NO4. The molecule has 0 saturated carbocycles. The first kappa shape index (κ1) is 21.9. The topological polar surface area (TPSA) is 59.0 Å². The Balaban J connectivity index is 1.44. The molecule has 2 aromatic carbocycles. The lowest BCUT2D eigenvalue weighted by Gasteiger charge is -2.56. The number of hydrogen-bond acceptors (Lipinski definition) is 5. The molecule has 1 N–H and O–H groups in total. The van der Waals surface area contributed by atoms with Gasteiger partial charge in [-0.15, -0.1) is 0 Å². The number of ether oxygens (including phenoxy) is 2. The average molecular weight is 460 g/mol. The number of carbonyl (C=O) groups excluding carboxylic acids is 1. The predicted octanol–water partition coefficient (Wildman–Crippen LogP) is 4.16. The van der Waals surface area contributed by atoms with Crippen LogP contribution in [0.3, 0.4) is 0 Å². The van der Waals surface area contributed by atoms with E-state index in [-0.39, 0.29) is 23.4 Å². The van der Waals surface area contributed by atoms with Crippen molar-refractivity contribution in [2.24, 2.45) is 5.92 Å². The van der Waals surface area contributed by atoms with Gasteiger partial charge in [-0.2, -0.15) is 0 Å². The van der Waals surface area contributed by atoms with Crippen LogP contribution in [0, 0.1) is 5.92 Å². The van der Waals surface area contributed by atoms with E-state index in [1.165, 1.54) is 11.1 Å². The van der Waals surface area contributed by atoms with E-state index in [2.05, 4.69) is 24.1 Å². The van der Waals surface area contributed by atoms with Gasteiger partial charge in [-0.05, 0) is 56.5 Å². The van der Waals surface area contributed by atoms with Crippen LogP contribution in [-0.4, -0.2) is 47.8 Å². The van der Waals surface area contributed by atoms with Crippen LogP contribution < -0.4 is 9.47 Å². The second kappa shape index (κ2) is 7.69. The second-order valence-electron chi connectivity index (χ2n) is 10.5. The molecule has 0 amide bonds. The zero-order chi connectivity index (χ0) is 23.7. The van der Waals surface area contributed by atoms with Crippen molar-refractivity contribution in [1.29, 1.82) is 0 Å². The molecule has 178 valence electrons. The van der Waals surface area contributed by atoms with E-state index >= 15 is 0 Å². The number of carbonyl (C=O) groups is 1. The minimum Gasteiger partial charge on any atom is -0.482 e. The molecule has 4 aliphatic rings. The van der Waals surface area contributed by atoms with Crippen molar-refractivity contribution in [2.75, 3.05) is 13.6 Å². The number of nitrogens with zero attached hydrogens (tertiary/aromatic N) is 1. The van der Waals surface area contributed by atoms with Crippen LogP contribution in [0.5, 0.6) is 11.5 Å². The molecule has 6 rings (SSSR count). The molecule has 1 saturated heterocycles. The quantitative estimate of drug-likeness (QED) is 0.413. The molecule has 2 aliphatic carbocycles. The van der Waals surface area contributed by atoms with Gasteiger partial charge in [-0.1, -0.05) is 62.4 Å². The molecular weight excluding hydrogens is 426 g/mol. The van der Waals surface area contributed by atoms with Crippen molar-refractivity contribution in [1.82, 2.24) is 4.90 Å². The van der Waals surface area contributed by atoms with Gasteiger partial charge >= 0.3 is 5.97 Å². The summed E-state index contributed by atoms with van der Waals surface area (Å²) in [5, 5.41) is 11.0. The highest BCUT2D eigenvalue weighted by molar-refractivity contribution is 5.86. The Kier molecular flexibility index (Phi) is 4.95. The van der Waals surface area contributed by atoms with Crippen molar-refractivity contribution in [3.63, 3.8) is 0 Å². The highest BCUT2D eigenvalue weighted by Gasteiger charge is 2.64. The van der Waals surface area contributed by atoms with Gasteiger partial charge in [-0.25, -0.2) is 0 Å². The predicted molar refractivity (Wildman–Crippen MR) is 130 cm³/mol. The fourth-order valence-corrected chi connectivity index (χ4v) is 7.33. The van der Waals surface area contributed by atoms with E-state index in [0.717, 1.165) is 24.9 Å². The highest BCUT2D eigenvalue weighted by Crippen LogP contribution is 2.62. The number of likely N-dealkylation sites (N-methyl/N-ethyl adjacent to an activating group) is 1. The number of piperidine rings is 1. The van der Waals surface area contributed by atoms with Crippen LogP contribution in [0.25, 0.3) is 0 Å². The molecule has 0 radical (unpaired) electrons. The molecule has 2 aromatic rings. The lowest BCUT2D eigenvalue weighted by atomic mass is 9.53. The number of aliphatic hydroxyl groups is 1. The lowest BCUT2D eigenvalue weighted by molar-refractivity contribution is -0.141. The van der Waals surface area contributed by atoms with Crippen LogP contribution in [-0.2, 0) is 22.0 Å². The average Bonchev–Trinajstić information content (AvgIpc) is 3.21. The lowest BCUT2D eigenvalue weighted by Crippen LogP contribution is -2.64. The van der Waals surface area contributed by atoms with Crippen molar-refractivity contribution in [2.45, 2.75) is 68.6 Å². The maximum Gasteiger partial charge on any atom is 0.322 e. The van der Waals surface area contributed by atoms with Gasteiger partial charge in [0.15, 0.2) is 11.5 Å². The minimum absolute atomic E-state index is 0.247. The Bertz CT molecular complexity index is 1150. The summed E-state index contributed by atoms with van der Waals surface area (Å²) < 4.78 is 12.7. The van der Waals surface area contributed by atoms with Crippen LogP contribution >= 0.6 is 0 Å². The number of likely N-dealkylation sites (tertiary alicyclic amines) is 1. The second-order valence-corrected chi connectivity index (χ2v) is 10.5. The zero-order valence-corrected chi connectivity index (χ0v) is 20.2. The molecule has 1 fully saturated rings. The molecule has 5 heteroatoms. The molecule has 1 spiro atoms. The van der Waals surface area contributed by atoms with Gasteiger partial charge in [0.25, 0.3) is 0 Å². The van der Waals surface area contributed by atoms with Gasteiger partial charge in [0.1, 0.15) is 12.2 Å². The smallest absolute Gasteiger partial charge is 0.322 e. The number of esters is 1. The molecule has 5 atom stereocenters. The summed E-state index contributed by atoms with van der Waals surface area (Å²) in [5.41, 5.74) is 2.43.